The van der Waals surface area contributed by atoms with Crippen LogP contribution in [-0.2, 0) is 0 Å². The van der Waals surface area contributed by atoms with Gasteiger partial charge >= 0.3 is 0 Å². The van der Waals surface area contributed by atoms with Gasteiger partial charge in [-0.15, -0.1) is 0 Å². The van der Waals surface area contributed by atoms with E-state index in [0.29, 0.717) is 29.7 Å². The maximum atomic E-state index is 12.7. The number of amides is 1. The first-order valence-electron chi connectivity index (χ1n) is 10.5. The van der Waals surface area contributed by atoms with Gasteiger partial charge in [0.25, 0.3) is 5.91 Å². The summed E-state index contributed by atoms with van der Waals surface area (Å²) in [6.45, 7) is 3.59. The van der Waals surface area contributed by atoms with Crippen molar-refractivity contribution in [3.63, 3.8) is 0 Å². The molecule has 6 heteroatoms. The summed E-state index contributed by atoms with van der Waals surface area (Å²) in [5.74, 6) is 1.50. The first-order valence-corrected chi connectivity index (χ1v) is 10.5. The third-order valence-corrected chi connectivity index (χ3v) is 5.61. The maximum Gasteiger partial charge on any atom is 0.256 e. The van der Waals surface area contributed by atoms with Crippen molar-refractivity contribution in [2.24, 2.45) is 11.0 Å². The number of aromatic nitrogens is 1. The van der Waals surface area contributed by atoms with Crippen LogP contribution in [0.3, 0.4) is 0 Å². The van der Waals surface area contributed by atoms with Crippen LogP contribution in [0.5, 0.6) is 5.75 Å². The number of hydrogen-bond donors (Lipinski definition) is 1. The molecule has 0 atom stereocenters. The summed E-state index contributed by atoms with van der Waals surface area (Å²) in [5, 5.41) is 9.35. The Labute approximate surface area is 172 Å². The maximum absolute atomic E-state index is 12.7. The fourth-order valence-electron chi connectivity index (χ4n) is 3.89. The summed E-state index contributed by atoms with van der Waals surface area (Å²) >= 11 is 0. The fraction of sp³-hybridized carbons (Fsp3) is 0.435. The van der Waals surface area contributed by atoms with Crippen LogP contribution < -0.4 is 15.1 Å². The Bertz CT molecular complexity index is 873. The van der Waals surface area contributed by atoms with E-state index in [1.807, 2.05) is 48.3 Å². The van der Waals surface area contributed by atoms with Gasteiger partial charge in [0, 0.05) is 30.4 Å². The lowest BCUT2D eigenvalue weighted by Crippen LogP contribution is -2.18. The average Bonchev–Trinajstić information content (AvgIpc) is 3.20. The van der Waals surface area contributed by atoms with Gasteiger partial charge in [0.2, 0.25) is 0 Å². The van der Waals surface area contributed by atoms with Crippen LogP contribution in [0.1, 0.15) is 55.8 Å². The molecule has 152 valence electrons. The molecule has 4 rings (SSSR count). The number of anilines is 2. The molecule has 6 nitrogen and oxygen atoms in total. The number of nitrogens with one attached hydrogen (secondary N) is 1. The Balaban J connectivity index is 1.39. The molecule has 1 aromatic carbocycles. The van der Waals surface area contributed by atoms with E-state index in [0.717, 1.165) is 24.4 Å². The van der Waals surface area contributed by atoms with Gasteiger partial charge in [0.1, 0.15) is 0 Å². The fourth-order valence-corrected chi connectivity index (χ4v) is 3.89. The first-order chi connectivity index (χ1) is 14.2. The van der Waals surface area contributed by atoms with Gasteiger partial charge in [-0.25, -0.2) is 4.98 Å². The molecule has 2 aromatic rings. The minimum absolute atomic E-state index is 0.195. The van der Waals surface area contributed by atoms with Gasteiger partial charge in [0.05, 0.1) is 12.3 Å². The number of carbonyl (C=O) groups is 1. The highest BCUT2D eigenvalue weighted by Gasteiger charge is 2.17. The third-order valence-electron chi connectivity index (χ3n) is 5.61. The molecule has 0 radical (unpaired) electrons. The molecule has 29 heavy (non-hydrogen) atoms. The van der Waals surface area contributed by atoms with Crippen LogP contribution in [0.2, 0.25) is 0 Å². The second-order valence-corrected chi connectivity index (χ2v) is 7.87. The number of hydrogen-bond acceptors (Lipinski definition) is 5. The van der Waals surface area contributed by atoms with Crippen LogP contribution in [0.15, 0.2) is 47.7 Å². The highest BCUT2D eigenvalue weighted by molar-refractivity contribution is 6.04. The SMILES string of the molecule is CC1=NN(c2ccc(C(=O)Nc3ncccc3OCC3CCCCC3)cc2)CC1. The molecular weight excluding hydrogens is 364 g/mol. The van der Waals surface area contributed by atoms with Crippen molar-refractivity contribution < 1.29 is 9.53 Å². The van der Waals surface area contributed by atoms with E-state index in [4.69, 9.17) is 4.74 Å². The van der Waals surface area contributed by atoms with E-state index in [2.05, 4.69) is 15.4 Å². The largest absolute Gasteiger partial charge is 0.489 e. The number of pyridine rings is 1. The standard InChI is InChI=1S/C23H28N4O2/c1-17-13-15-27(26-17)20-11-9-19(10-12-20)23(28)25-22-21(8-5-14-24-22)29-16-18-6-3-2-4-7-18/h5,8-12,14,18H,2-4,6-7,13,15-16H2,1H3,(H,24,25,28). The molecule has 1 N–H and O–H groups in total. The van der Waals surface area contributed by atoms with Crippen molar-refractivity contribution in [2.75, 3.05) is 23.5 Å². The van der Waals surface area contributed by atoms with Crippen LogP contribution >= 0.6 is 0 Å². The zero-order valence-electron chi connectivity index (χ0n) is 16.9. The van der Waals surface area contributed by atoms with Gasteiger partial charge in [-0.05, 0) is 62.1 Å². The molecule has 1 aromatic heterocycles. The molecule has 2 aliphatic rings. The van der Waals surface area contributed by atoms with E-state index >= 15 is 0 Å². The van der Waals surface area contributed by atoms with Crippen molar-refractivity contribution in [3.05, 3.63) is 48.2 Å². The van der Waals surface area contributed by atoms with Crippen molar-refractivity contribution in [1.82, 2.24) is 4.98 Å². The summed E-state index contributed by atoms with van der Waals surface area (Å²) in [5.41, 5.74) is 2.70. The Kier molecular flexibility index (Phi) is 6.08. The van der Waals surface area contributed by atoms with E-state index in [1.165, 1.54) is 32.1 Å². The van der Waals surface area contributed by atoms with Crippen molar-refractivity contribution in [2.45, 2.75) is 45.4 Å². The quantitative estimate of drug-likeness (QED) is 0.761. The molecule has 0 unspecified atom stereocenters. The molecule has 1 aliphatic carbocycles. The number of hydrazone groups is 1. The summed E-state index contributed by atoms with van der Waals surface area (Å²) in [4.78, 5) is 17.0. The van der Waals surface area contributed by atoms with E-state index < -0.39 is 0 Å². The second-order valence-electron chi connectivity index (χ2n) is 7.87. The lowest BCUT2D eigenvalue weighted by molar-refractivity contribution is 0.102. The van der Waals surface area contributed by atoms with Crippen molar-refractivity contribution in [3.8, 4) is 5.75 Å². The third kappa shape index (κ3) is 4.94. The van der Waals surface area contributed by atoms with Gasteiger partial charge < -0.3 is 10.1 Å². The minimum atomic E-state index is -0.195. The number of ether oxygens (including phenoxy) is 1. The molecule has 1 aliphatic heterocycles. The summed E-state index contributed by atoms with van der Waals surface area (Å²) in [6.07, 6.45) is 8.97. The minimum Gasteiger partial charge on any atom is -0.489 e. The van der Waals surface area contributed by atoms with Crippen LogP contribution in [0.4, 0.5) is 11.5 Å². The van der Waals surface area contributed by atoms with Crippen LogP contribution in [0.25, 0.3) is 0 Å². The Morgan fingerprint density at radius 3 is 2.69 bits per heavy atom. The molecule has 2 heterocycles. The highest BCUT2D eigenvalue weighted by atomic mass is 16.5. The smallest absolute Gasteiger partial charge is 0.256 e. The summed E-state index contributed by atoms with van der Waals surface area (Å²) in [7, 11) is 0. The van der Waals surface area contributed by atoms with Crippen molar-refractivity contribution in [1.29, 1.82) is 0 Å². The topological polar surface area (TPSA) is 66.8 Å². The monoisotopic (exact) mass is 392 g/mol. The summed E-state index contributed by atoms with van der Waals surface area (Å²) in [6, 6.07) is 11.2. The predicted molar refractivity (Wildman–Crippen MR) is 116 cm³/mol. The molecule has 1 fully saturated rings. The molecule has 0 saturated heterocycles. The van der Waals surface area contributed by atoms with E-state index in [-0.39, 0.29) is 5.91 Å². The Morgan fingerprint density at radius 1 is 1.17 bits per heavy atom. The molecule has 0 spiro atoms. The molecule has 0 bridgehead atoms. The van der Waals surface area contributed by atoms with Gasteiger partial charge in [-0.1, -0.05) is 19.3 Å². The highest BCUT2D eigenvalue weighted by Crippen LogP contribution is 2.27. The second kappa shape index (κ2) is 9.07. The molecular formula is C23H28N4O2. The Morgan fingerprint density at radius 2 is 1.97 bits per heavy atom. The zero-order valence-corrected chi connectivity index (χ0v) is 16.9. The predicted octanol–water partition coefficient (Wildman–Crippen LogP) is 4.88. The van der Waals surface area contributed by atoms with Crippen LogP contribution in [0, 0.1) is 5.92 Å². The lowest BCUT2D eigenvalue weighted by atomic mass is 9.90. The number of nitrogens with zero attached hydrogens (tertiary/aromatic N) is 3. The van der Waals surface area contributed by atoms with Crippen molar-refractivity contribution >= 4 is 23.1 Å². The zero-order chi connectivity index (χ0) is 20.1. The average molecular weight is 393 g/mol. The van der Waals surface area contributed by atoms with Gasteiger partial charge in [0.15, 0.2) is 11.6 Å². The first kappa shape index (κ1) is 19.4. The normalized spacial score (nSPS) is 17.1. The van der Waals surface area contributed by atoms with Gasteiger partial charge in [-0.2, -0.15) is 5.10 Å². The Hall–Kier alpha value is -2.89. The number of benzene rings is 1. The van der Waals surface area contributed by atoms with Gasteiger partial charge in [-0.3, -0.25) is 9.80 Å². The summed E-state index contributed by atoms with van der Waals surface area (Å²) < 4.78 is 6.01. The molecule has 1 saturated carbocycles. The van der Waals surface area contributed by atoms with E-state index in [1.54, 1.807) is 6.20 Å². The lowest BCUT2D eigenvalue weighted by Gasteiger charge is -2.22. The number of rotatable bonds is 6. The molecule has 1 amide bonds. The van der Waals surface area contributed by atoms with E-state index in [9.17, 15) is 4.79 Å². The number of carbonyl (C=O) groups excluding carboxylic acids is 1. The van der Waals surface area contributed by atoms with Crippen LogP contribution in [-0.4, -0.2) is 29.8 Å².